The van der Waals surface area contributed by atoms with Gasteiger partial charge >= 0.3 is 0 Å². The van der Waals surface area contributed by atoms with Crippen molar-refractivity contribution in [2.75, 3.05) is 36.4 Å². The van der Waals surface area contributed by atoms with Crippen molar-refractivity contribution in [1.29, 1.82) is 0 Å². The number of carbonyl (C=O) groups excluding carboxylic acids is 2. The molecular formula is C28H30ClN3O3. The van der Waals surface area contributed by atoms with E-state index in [1.165, 1.54) is 0 Å². The van der Waals surface area contributed by atoms with E-state index in [1.54, 1.807) is 24.3 Å². The van der Waals surface area contributed by atoms with Gasteiger partial charge in [0.15, 0.2) is 0 Å². The summed E-state index contributed by atoms with van der Waals surface area (Å²) in [5.74, 6) is 0.611. The first-order chi connectivity index (χ1) is 16.9. The van der Waals surface area contributed by atoms with Crippen LogP contribution in [-0.4, -0.2) is 42.9 Å². The Morgan fingerprint density at radius 3 is 2.26 bits per heavy atom. The van der Waals surface area contributed by atoms with Crippen molar-refractivity contribution in [2.45, 2.75) is 20.5 Å². The fourth-order valence-corrected chi connectivity index (χ4v) is 4.39. The summed E-state index contributed by atoms with van der Waals surface area (Å²) in [5, 5.41) is 3.57. The molecule has 0 unspecified atom stereocenters. The number of hydrogen-bond acceptors (Lipinski definition) is 4. The van der Waals surface area contributed by atoms with Crippen molar-refractivity contribution in [3.05, 3.63) is 88.9 Å². The van der Waals surface area contributed by atoms with Gasteiger partial charge in [-0.3, -0.25) is 9.59 Å². The molecule has 0 radical (unpaired) electrons. The topological polar surface area (TPSA) is 61.9 Å². The van der Waals surface area contributed by atoms with Gasteiger partial charge in [-0.1, -0.05) is 61.8 Å². The SMILES string of the molecule is CC(C)C(=O)N1CCN(c2c(Cl)cccc2NC(=O)c2ccc(OCc3ccccc3)cc2)CC1. The third kappa shape index (κ3) is 6.14. The van der Waals surface area contributed by atoms with Crippen molar-refractivity contribution in [3.63, 3.8) is 0 Å². The van der Waals surface area contributed by atoms with E-state index in [9.17, 15) is 9.59 Å². The Morgan fingerprint density at radius 1 is 0.914 bits per heavy atom. The molecule has 3 aromatic carbocycles. The third-order valence-corrected chi connectivity index (χ3v) is 6.31. The highest BCUT2D eigenvalue weighted by atomic mass is 35.5. The second-order valence-corrected chi connectivity index (χ2v) is 9.26. The second-order valence-electron chi connectivity index (χ2n) is 8.86. The molecule has 1 aliphatic heterocycles. The molecule has 1 fully saturated rings. The minimum absolute atomic E-state index is 0.0214. The fourth-order valence-electron chi connectivity index (χ4n) is 4.09. The summed E-state index contributed by atoms with van der Waals surface area (Å²) in [6.07, 6.45) is 0. The second kappa shape index (κ2) is 11.3. The molecule has 0 atom stereocenters. The average Bonchev–Trinajstić information content (AvgIpc) is 2.88. The number of ether oxygens (including phenoxy) is 1. The first-order valence-electron chi connectivity index (χ1n) is 11.8. The predicted molar refractivity (Wildman–Crippen MR) is 140 cm³/mol. The van der Waals surface area contributed by atoms with Crippen molar-refractivity contribution < 1.29 is 14.3 Å². The van der Waals surface area contributed by atoms with E-state index in [0.717, 1.165) is 11.3 Å². The molecule has 35 heavy (non-hydrogen) atoms. The van der Waals surface area contributed by atoms with Gasteiger partial charge in [-0.25, -0.2) is 0 Å². The summed E-state index contributed by atoms with van der Waals surface area (Å²) in [6.45, 7) is 6.85. The molecule has 0 aromatic heterocycles. The Bertz CT molecular complexity index is 1160. The molecule has 0 aliphatic carbocycles. The zero-order chi connectivity index (χ0) is 24.8. The van der Waals surface area contributed by atoms with Crippen LogP contribution in [0.5, 0.6) is 5.75 Å². The van der Waals surface area contributed by atoms with Crippen molar-refractivity contribution >= 4 is 34.8 Å². The molecule has 7 heteroatoms. The first kappa shape index (κ1) is 24.6. The van der Waals surface area contributed by atoms with Crippen LogP contribution in [0.3, 0.4) is 0 Å². The van der Waals surface area contributed by atoms with E-state index in [2.05, 4.69) is 10.2 Å². The van der Waals surface area contributed by atoms with E-state index in [4.69, 9.17) is 16.3 Å². The van der Waals surface area contributed by atoms with Crippen LogP contribution in [0.25, 0.3) is 0 Å². The van der Waals surface area contributed by atoms with Crippen LogP contribution in [0, 0.1) is 5.92 Å². The van der Waals surface area contributed by atoms with E-state index >= 15 is 0 Å². The number of amides is 2. The average molecular weight is 492 g/mol. The molecule has 1 heterocycles. The van der Waals surface area contributed by atoms with Crippen LogP contribution < -0.4 is 15.0 Å². The molecule has 4 rings (SSSR count). The van der Waals surface area contributed by atoms with Gasteiger partial charge < -0.3 is 19.9 Å². The zero-order valence-corrected chi connectivity index (χ0v) is 20.8. The highest BCUT2D eigenvalue weighted by Gasteiger charge is 2.25. The Morgan fingerprint density at radius 2 is 1.60 bits per heavy atom. The van der Waals surface area contributed by atoms with Gasteiger partial charge in [-0.05, 0) is 42.0 Å². The highest BCUT2D eigenvalue weighted by molar-refractivity contribution is 6.34. The lowest BCUT2D eigenvalue weighted by Gasteiger charge is -2.38. The fraction of sp³-hybridized carbons (Fsp3) is 0.286. The number of benzene rings is 3. The Hall–Kier alpha value is -3.51. The van der Waals surface area contributed by atoms with Gasteiger partial charge in [0.05, 0.1) is 16.4 Å². The molecule has 1 N–H and O–H groups in total. The number of para-hydroxylation sites is 1. The number of carbonyl (C=O) groups is 2. The molecule has 0 saturated carbocycles. The quantitative estimate of drug-likeness (QED) is 0.475. The monoisotopic (exact) mass is 491 g/mol. The Labute approximate surface area is 211 Å². The molecule has 182 valence electrons. The lowest BCUT2D eigenvalue weighted by atomic mass is 10.1. The number of hydrogen-bond donors (Lipinski definition) is 1. The van der Waals surface area contributed by atoms with Crippen LogP contribution in [0.2, 0.25) is 5.02 Å². The summed E-state index contributed by atoms with van der Waals surface area (Å²) in [7, 11) is 0. The molecule has 1 saturated heterocycles. The minimum Gasteiger partial charge on any atom is -0.489 e. The highest BCUT2D eigenvalue weighted by Crippen LogP contribution is 2.35. The molecule has 2 amide bonds. The number of anilines is 2. The summed E-state index contributed by atoms with van der Waals surface area (Å²) in [5.41, 5.74) is 3.03. The van der Waals surface area contributed by atoms with E-state index in [0.29, 0.717) is 54.8 Å². The van der Waals surface area contributed by atoms with Crippen LogP contribution in [0.15, 0.2) is 72.8 Å². The van der Waals surface area contributed by atoms with Crippen LogP contribution >= 0.6 is 11.6 Å². The largest absolute Gasteiger partial charge is 0.489 e. The molecule has 0 bridgehead atoms. The number of piperazine rings is 1. The van der Waals surface area contributed by atoms with Gasteiger partial charge in [-0.2, -0.15) is 0 Å². The van der Waals surface area contributed by atoms with Crippen LogP contribution in [0.1, 0.15) is 29.8 Å². The lowest BCUT2D eigenvalue weighted by Crippen LogP contribution is -2.50. The maximum Gasteiger partial charge on any atom is 0.255 e. The zero-order valence-electron chi connectivity index (χ0n) is 20.0. The molecule has 3 aromatic rings. The van der Waals surface area contributed by atoms with Crippen molar-refractivity contribution in [2.24, 2.45) is 5.92 Å². The van der Waals surface area contributed by atoms with Gasteiger partial charge in [0.25, 0.3) is 5.91 Å². The maximum atomic E-state index is 13.0. The summed E-state index contributed by atoms with van der Waals surface area (Å²) in [4.78, 5) is 29.3. The standard InChI is InChI=1S/C28H30ClN3O3/c1-20(2)28(34)32-17-15-31(16-18-32)26-24(29)9-6-10-25(26)30-27(33)22-11-13-23(14-12-22)35-19-21-7-4-3-5-8-21/h3-14,20H,15-19H2,1-2H3,(H,30,33). The van der Waals surface area contributed by atoms with Crippen molar-refractivity contribution in [1.82, 2.24) is 4.90 Å². The predicted octanol–water partition coefficient (Wildman–Crippen LogP) is 5.48. The molecule has 1 aliphatic rings. The molecule has 0 spiro atoms. The summed E-state index contributed by atoms with van der Waals surface area (Å²) < 4.78 is 5.82. The van der Waals surface area contributed by atoms with Gasteiger partial charge in [0, 0.05) is 37.7 Å². The number of nitrogens with zero attached hydrogens (tertiary/aromatic N) is 2. The van der Waals surface area contributed by atoms with Gasteiger partial charge in [-0.15, -0.1) is 0 Å². The summed E-state index contributed by atoms with van der Waals surface area (Å²) in [6, 6.07) is 22.5. The minimum atomic E-state index is -0.225. The number of rotatable bonds is 7. The first-order valence-corrected chi connectivity index (χ1v) is 12.2. The third-order valence-electron chi connectivity index (χ3n) is 6.00. The Kier molecular flexibility index (Phi) is 7.93. The van der Waals surface area contributed by atoms with Gasteiger partial charge in [0.2, 0.25) is 5.91 Å². The van der Waals surface area contributed by atoms with Crippen LogP contribution in [-0.2, 0) is 11.4 Å². The smallest absolute Gasteiger partial charge is 0.255 e. The lowest BCUT2D eigenvalue weighted by molar-refractivity contribution is -0.134. The number of nitrogens with one attached hydrogen (secondary N) is 1. The molecule has 6 nitrogen and oxygen atoms in total. The Balaban J connectivity index is 1.41. The van der Waals surface area contributed by atoms with E-state index < -0.39 is 0 Å². The van der Waals surface area contributed by atoms with E-state index in [-0.39, 0.29) is 17.7 Å². The summed E-state index contributed by atoms with van der Waals surface area (Å²) >= 11 is 6.56. The maximum absolute atomic E-state index is 13.0. The van der Waals surface area contributed by atoms with Crippen molar-refractivity contribution in [3.8, 4) is 5.75 Å². The number of halogens is 1. The van der Waals surface area contributed by atoms with Crippen LogP contribution in [0.4, 0.5) is 11.4 Å². The normalized spacial score (nSPS) is 13.6. The van der Waals surface area contributed by atoms with E-state index in [1.807, 2.05) is 67.3 Å². The molecular weight excluding hydrogens is 462 g/mol. The van der Waals surface area contributed by atoms with Gasteiger partial charge in [0.1, 0.15) is 12.4 Å².